The Balaban J connectivity index is 1.74. The zero-order valence-corrected chi connectivity index (χ0v) is 29.9. The molecule has 1 aliphatic rings. The summed E-state index contributed by atoms with van der Waals surface area (Å²) in [4.78, 5) is 71.8. The van der Waals surface area contributed by atoms with Crippen molar-refractivity contribution in [2.75, 3.05) is 20.6 Å². The summed E-state index contributed by atoms with van der Waals surface area (Å²) >= 11 is 1.17. The van der Waals surface area contributed by atoms with Gasteiger partial charge in [-0.05, 0) is 57.7 Å². The first kappa shape index (κ1) is 38.6. The van der Waals surface area contributed by atoms with Crippen LogP contribution >= 0.6 is 11.3 Å². The molecule has 48 heavy (non-hydrogen) atoms. The molecule has 3 amide bonds. The Bertz CT molecular complexity index is 1400. The van der Waals surface area contributed by atoms with Crippen LogP contribution in [0.2, 0.25) is 0 Å². The highest BCUT2D eigenvalue weighted by Gasteiger charge is 2.34. The number of piperidine rings is 1. The number of carbonyl (C=O) groups excluding carboxylic acids is 4. The molecule has 3 N–H and O–H groups in total. The highest BCUT2D eigenvalue weighted by molar-refractivity contribution is 7.09. The number of aliphatic carboxylic acids is 1. The van der Waals surface area contributed by atoms with Gasteiger partial charge in [0.15, 0.2) is 6.10 Å². The average molecular weight is 686 g/mol. The quantitative estimate of drug-likeness (QED) is 0.222. The van der Waals surface area contributed by atoms with Crippen LogP contribution in [0.4, 0.5) is 0 Å². The summed E-state index contributed by atoms with van der Waals surface area (Å²) in [5.74, 6) is -3.07. The fourth-order valence-electron chi connectivity index (χ4n) is 6.16. The molecule has 3 rings (SSSR count). The van der Waals surface area contributed by atoms with Gasteiger partial charge in [0.1, 0.15) is 16.7 Å². The van der Waals surface area contributed by atoms with Gasteiger partial charge < -0.3 is 25.4 Å². The third-order valence-corrected chi connectivity index (χ3v) is 9.87. The Morgan fingerprint density at radius 1 is 1.06 bits per heavy atom. The van der Waals surface area contributed by atoms with E-state index in [1.807, 2.05) is 56.1 Å². The van der Waals surface area contributed by atoms with Crippen molar-refractivity contribution in [2.45, 2.75) is 103 Å². The van der Waals surface area contributed by atoms with Crippen molar-refractivity contribution in [1.82, 2.24) is 25.4 Å². The Labute approximate surface area is 287 Å². The molecule has 0 unspecified atom stereocenters. The molecular formula is C35H51N5O7S. The molecule has 264 valence electrons. The van der Waals surface area contributed by atoms with E-state index in [1.165, 1.54) is 18.3 Å². The number of aromatic nitrogens is 1. The van der Waals surface area contributed by atoms with Gasteiger partial charge in [-0.1, -0.05) is 57.5 Å². The normalized spacial score (nSPS) is 18.2. The fraction of sp³-hybridized carbons (Fsp3) is 0.600. The first-order valence-electron chi connectivity index (χ1n) is 16.6. The molecule has 1 aliphatic heterocycles. The summed E-state index contributed by atoms with van der Waals surface area (Å²) in [5.41, 5.74) is 1.09. The van der Waals surface area contributed by atoms with Crippen molar-refractivity contribution in [2.24, 2.45) is 11.8 Å². The molecule has 1 aromatic heterocycles. The molecule has 0 radical (unpaired) electrons. The van der Waals surface area contributed by atoms with Crippen LogP contribution in [0.1, 0.15) is 93.9 Å². The van der Waals surface area contributed by atoms with Crippen LogP contribution in [0.3, 0.4) is 0 Å². The monoisotopic (exact) mass is 685 g/mol. The van der Waals surface area contributed by atoms with Crippen molar-refractivity contribution >= 4 is 41.0 Å². The Hall–Kier alpha value is -3.84. The second-order valence-electron chi connectivity index (χ2n) is 13.2. The lowest BCUT2D eigenvalue weighted by atomic mass is 9.95. The second kappa shape index (κ2) is 18.1. The van der Waals surface area contributed by atoms with Crippen molar-refractivity contribution < 1.29 is 33.8 Å². The van der Waals surface area contributed by atoms with Crippen LogP contribution in [0.25, 0.3) is 0 Å². The molecule has 13 heteroatoms. The molecular weight excluding hydrogens is 634 g/mol. The third kappa shape index (κ3) is 11.1. The SMILES string of the molecule is CC(=O)O[C@H](C[C@H](C(C)C)N(C)C(=O)[C@H](C)NC(=O)[C@H]1CCCCN1C)c1nc(C(=O)N[C@@H](Cc2ccccc2)C[C@H](C)C(=O)O)cs1. The largest absolute Gasteiger partial charge is 0.481 e. The number of carbonyl (C=O) groups is 5. The molecule has 6 atom stereocenters. The zero-order chi connectivity index (χ0) is 35.5. The summed E-state index contributed by atoms with van der Waals surface area (Å²) in [6, 6.07) is 7.66. The maximum absolute atomic E-state index is 13.6. The molecule has 12 nitrogen and oxygen atoms in total. The number of nitrogens with zero attached hydrogens (tertiary/aromatic N) is 3. The van der Waals surface area contributed by atoms with Crippen LogP contribution < -0.4 is 10.6 Å². The number of benzene rings is 1. The molecule has 1 fully saturated rings. The van der Waals surface area contributed by atoms with Crippen LogP contribution in [-0.4, -0.2) is 94.4 Å². The van der Waals surface area contributed by atoms with Crippen molar-refractivity contribution in [3.63, 3.8) is 0 Å². The summed E-state index contributed by atoms with van der Waals surface area (Å²) in [5, 5.41) is 17.3. The molecule has 0 aliphatic carbocycles. The first-order valence-corrected chi connectivity index (χ1v) is 17.5. The van der Waals surface area contributed by atoms with E-state index < -0.39 is 42.0 Å². The van der Waals surface area contributed by atoms with E-state index >= 15 is 0 Å². The van der Waals surface area contributed by atoms with Gasteiger partial charge in [-0.3, -0.25) is 28.9 Å². The van der Waals surface area contributed by atoms with Gasteiger partial charge in [-0.2, -0.15) is 0 Å². The highest BCUT2D eigenvalue weighted by atomic mass is 32.1. The van der Waals surface area contributed by atoms with Gasteiger partial charge in [-0.15, -0.1) is 11.3 Å². The smallest absolute Gasteiger partial charge is 0.306 e. The number of likely N-dealkylation sites (tertiary alicyclic amines) is 1. The van der Waals surface area contributed by atoms with Crippen LogP contribution in [0.15, 0.2) is 35.7 Å². The van der Waals surface area contributed by atoms with Gasteiger partial charge in [0.2, 0.25) is 11.8 Å². The van der Waals surface area contributed by atoms with Crippen molar-refractivity contribution in [3.8, 4) is 0 Å². The first-order chi connectivity index (χ1) is 22.7. The van der Waals surface area contributed by atoms with Gasteiger partial charge in [0, 0.05) is 37.9 Å². The predicted octanol–water partition coefficient (Wildman–Crippen LogP) is 4.06. The highest BCUT2D eigenvalue weighted by Crippen LogP contribution is 2.31. The molecule has 1 saturated heterocycles. The number of ether oxygens (including phenoxy) is 1. The Morgan fingerprint density at radius 3 is 2.35 bits per heavy atom. The standard InChI is InChI=1S/C35H51N5O7S/c1-21(2)29(40(7)34(44)23(4)36-32(43)28-15-11-12-16-39(28)6)19-30(47-24(5)41)33-38-27(20-48-33)31(42)37-26(17-22(3)35(45)46)18-25-13-9-8-10-14-25/h8-10,13-14,20-23,26,28-30H,11-12,15-19H2,1-7H3,(H,36,43)(H,37,42)(H,45,46)/t22-,23-,26+,28+,29+,30+/m0/s1. The lowest BCUT2D eigenvalue weighted by molar-refractivity contribution is -0.149. The Kier molecular flexibility index (Phi) is 14.5. The number of carboxylic acid groups (broad SMARTS) is 1. The summed E-state index contributed by atoms with van der Waals surface area (Å²) < 4.78 is 5.69. The summed E-state index contributed by atoms with van der Waals surface area (Å²) in [7, 11) is 3.60. The fourth-order valence-corrected chi connectivity index (χ4v) is 7.00. The lowest BCUT2D eigenvalue weighted by Gasteiger charge is -2.36. The van der Waals surface area contributed by atoms with Gasteiger partial charge in [-0.25, -0.2) is 4.98 Å². The van der Waals surface area contributed by atoms with E-state index in [2.05, 4.69) is 15.6 Å². The van der Waals surface area contributed by atoms with Crippen LogP contribution in [-0.2, 0) is 30.3 Å². The molecule has 0 bridgehead atoms. The van der Waals surface area contributed by atoms with E-state index in [-0.39, 0.29) is 48.4 Å². The van der Waals surface area contributed by atoms with E-state index in [9.17, 15) is 29.1 Å². The number of hydrogen-bond acceptors (Lipinski definition) is 9. The summed E-state index contributed by atoms with van der Waals surface area (Å²) in [6.07, 6.45) is 2.84. The summed E-state index contributed by atoms with van der Waals surface area (Å²) in [6.45, 7) is 9.34. The van der Waals surface area contributed by atoms with Crippen molar-refractivity contribution in [1.29, 1.82) is 0 Å². The predicted molar refractivity (Wildman–Crippen MR) is 183 cm³/mol. The number of esters is 1. The number of amides is 3. The molecule has 2 heterocycles. The minimum absolute atomic E-state index is 0.0397. The average Bonchev–Trinajstić information content (AvgIpc) is 3.53. The molecule has 1 aromatic carbocycles. The zero-order valence-electron chi connectivity index (χ0n) is 29.1. The number of thiazole rings is 1. The van der Waals surface area contributed by atoms with Gasteiger partial charge in [0.25, 0.3) is 5.91 Å². The molecule has 2 aromatic rings. The number of nitrogens with one attached hydrogen (secondary N) is 2. The molecule has 0 spiro atoms. The van der Waals surface area contributed by atoms with E-state index in [0.717, 1.165) is 31.4 Å². The topological polar surface area (TPSA) is 158 Å². The van der Waals surface area contributed by atoms with E-state index in [0.29, 0.717) is 11.4 Å². The van der Waals surface area contributed by atoms with Crippen LogP contribution in [0.5, 0.6) is 0 Å². The second-order valence-corrected chi connectivity index (χ2v) is 14.1. The van der Waals surface area contributed by atoms with E-state index in [4.69, 9.17) is 4.74 Å². The minimum Gasteiger partial charge on any atom is -0.481 e. The molecule has 0 saturated carbocycles. The number of hydrogen-bond donors (Lipinski definition) is 3. The van der Waals surface area contributed by atoms with Crippen molar-refractivity contribution in [3.05, 3.63) is 52.0 Å². The lowest BCUT2D eigenvalue weighted by Crippen LogP contribution is -2.55. The maximum atomic E-state index is 13.6. The maximum Gasteiger partial charge on any atom is 0.306 e. The van der Waals surface area contributed by atoms with Gasteiger partial charge >= 0.3 is 11.9 Å². The minimum atomic E-state index is -0.945. The van der Waals surface area contributed by atoms with Gasteiger partial charge in [0.05, 0.1) is 12.0 Å². The Morgan fingerprint density at radius 2 is 1.75 bits per heavy atom. The number of rotatable bonds is 16. The number of carboxylic acids is 1. The van der Waals surface area contributed by atoms with E-state index in [1.54, 1.807) is 31.2 Å². The number of likely N-dealkylation sites (N-methyl/N-ethyl adjacent to an activating group) is 2. The third-order valence-electron chi connectivity index (χ3n) is 8.93. The van der Waals surface area contributed by atoms with Crippen LogP contribution in [0, 0.1) is 11.8 Å².